The van der Waals surface area contributed by atoms with Gasteiger partial charge in [0, 0.05) is 12.6 Å². The molecule has 0 unspecified atom stereocenters. The van der Waals surface area contributed by atoms with E-state index in [9.17, 15) is 4.79 Å². The number of nitrogens with one attached hydrogen (secondary N) is 2. The minimum atomic E-state index is -0.108. The summed E-state index contributed by atoms with van der Waals surface area (Å²) in [7, 11) is 0. The molecule has 1 aromatic heterocycles. The molecular weight excluding hydrogens is 216 g/mol. The average Bonchev–Trinajstić information content (AvgIpc) is 2.37. The van der Waals surface area contributed by atoms with Crippen molar-refractivity contribution in [3.05, 3.63) is 22.7 Å². The molecule has 0 aromatic carbocycles. The Labute approximate surface area is 101 Å². The van der Waals surface area contributed by atoms with Crippen LogP contribution in [-0.4, -0.2) is 41.0 Å². The summed E-state index contributed by atoms with van der Waals surface area (Å²) < 4.78 is 0. The van der Waals surface area contributed by atoms with Crippen LogP contribution in [0.3, 0.4) is 0 Å². The highest BCUT2D eigenvalue weighted by molar-refractivity contribution is 5.31. The molecule has 0 atom stereocenters. The molecule has 1 aliphatic heterocycles. The molecule has 0 radical (unpaired) electrons. The second-order valence-electron chi connectivity index (χ2n) is 4.55. The van der Waals surface area contributed by atoms with Gasteiger partial charge in [0.15, 0.2) is 0 Å². The van der Waals surface area contributed by atoms with E-state index in [4.69, 9.17) is 0 Å². The molecule has 94 valence electrons. The lowest BCUT2D eigenvalue weighted by Crippen LogP contribution is -2.35. The summed E-state index contributed by atoms with van der Waals surface area (Å²) in [5.41, 5.74) is -0.108. The highest BCUT2D eigenvalue weighted by Gasteiger charge is 2.17. The summed E-state index contributed by atoms with van der Waals surface area (Å²) in [6, 6.07) is 1.50. The smallest absolute Gasteiger partial charge is 0.252 e. The fourth-order valence-corrected chi connectivity index (χ4v) is 2.22. The molecule has 0 saturated carbocycles. The second kappa shape index (κ2) is 5.82. The third-order valence-electron chi connectivity index (χ3n) is 3.40. The van der Waals surface area contributed by atoms with Gasteiger partial charge in [0.1, 0.15) is 5.82 Å². The lowest BCUT2D eigenvalue weighted by atomic mass is 9.97. The van der Waals surface area contributed by atoms with E-state index in [-0.39, 0.29) is 5.56 Å². The molecule has 0 amide bonds. The number of aromatic amines is 1. The normalized spacial score (nSPS) is 18.2. The average molecular weight is 236 g/mol. The number of piperidine rings is 1. The number of hydrogen-bond acceptors (Lipinski definition) is 4. The molecule has 2 heterocycles. The Morgan fingerprint density at radius 2 is 2.29 bits per heavy atom. The first-order valence-electron chi connectivity index (χ1n) is 6.29. The van der Waals surface area contributed by atoms with Crippen LogP contribution in [0, 0.1) is 5.92 Å². The number of aromatic nitrogens is 2. The third-order valence-corrected chi connectivity index (χ3v) is 3.40. The SMILES string of the molecule is CCN1CCC(CNc2cc(=O)[nH]cn2)CC1. The Bertz CT molecular complexity index is 395. The second-order valence-corrected chi connectivity index (χ2v) is 4.55. The van der Waals surface area contributed by atoms with Crippen LogP contribution in [-0.2, 0) is 0 Å². The maximum atomic E-state index is 11.1. The standard InChI is InChI=1S/C12H20N4O/c1-2-16-5-3-10(4-6-16)8-13-11-7-12(17)15-9-14-11/h7,9-10H,2-6,8H2,1H3,(H2,13,14,15,17). The summed E-state index contributed by atoms with van der Waals surface area (Å²) in [6.07, 6.45) is 3.89. The van der Waals surface area contributed by atoms with Gasteiger partial charge in [0.2, 0.25) is 0 Å². The number of likely N-dealkylation sites (tertiary alicyclic amines) is 1. The summed E-state index contributed by atoms with van der Waals surface area (Å²) in [4.78, 5) is 20.1. The van der Waals surface area contributed by atoms with Gasteiger partial charge < -0.3 is 15.2 Å². The van der Waals surface area contributed by atoms with E-state index in [0.717, 1.165) is 13.1 Å². The van der Waals surface area contributed by atoms with Gasteiger partial charge >= 0.3 is 0 Å². The molecule has 1 aliphatic rings. The van der Waals surface area contributed by atoms with Crippen molar-refractivity contribution >= 4 is 5.82 Å². The number of nitrogens with zero attached hydrogens (tertiary/aromatic N) is 2. The molecule has 0 aliphatic carbocycles. The molecule has 1 aromatic rings. The number of rotatable bonds is 4. The lowest BCUT2D eigenvalue weighted by Gasteiger charge is -2.31. The van der Waals surface area contributed by atoms with Gasteiger partial charge in [0.05, 0.1) is 6.33 Å². The summed E-state index contributed by atoms with van der Waals surface area (Å²) in [6.45, 7) is 6.64. The van der Waals surface area contributed by atoms with Crippen molar-refractivity contribution in [3.8, 4) is 0 Å². The van der Waals surface area contributed by atoms with Crippen molar-refractivity contribution in [1.29, 1.82) is 0 Å². The van der Waals surface area contributed by atoms with Crippen molar-refractivity contribution in [2.24, 2.45) is 5.92 Å². The highest BCUT2D eigenvalue weighted by atomic mass is 16.1. The molecule has 5 nitrogen and oxygen atoms in total. The van der Waals surface area contributed by atoms with E-state index in [1.165, 1.54) is 38.3 Å². The largest absolute Gasteiger partial charge is 0.370 e. The van der Waals surface area contributed by atoms with Crippen LogP contribution in [0.25, 0.3) is 0 Å². The van der Waals surface area contributed by atoms with Crippen LogP contribution in [0.1, 0.15) is 19.8 Å². The Balaban J connectivity index is 1.78. The maximum Gasteiger partial charge on any atom is 0.252 e. The molecule has 1 fully saturated rings. The summed E-state index contributed by atoms with van der Waals surface area (Å²) >= 11 is 0. The number of H-pyrrole nitrogens is 1. The van der Waals surface area contributed by atoms with Gasteiger partial charge in [-0.05, 0) is 38.4 Å². The first-order valence-corrected chi connectivity index (χ1v) is 6.29. The first-order chi connectivity index (χ1) is 8.28. The van der Waals surface area contributed by atoms with Gasteiger partial charge in [-0.3, -0.25) is 4.79 Å². The molecule has 2 N–H and O–H groups in total. The van der Waals surface area contributed by atoms with Crippen molar-refractivity contribution in [2.75, 3.05) is 31.5 Å². The predicted molar refractivity (Wildman–Crippen MR) is 68.2 cm³/mol. The van der Waals surface area contributed by atoms with Crippen LogP contribution < -0.4 is 10.9 Å². The molecule has 17 heavy (non-hydrogen) atoms. The highest BCUT2D eigenvalue weighted by Crippen LogP contribution is 2.16. The van der Waals surface area contributed by atoms with Gasteiger partial charge in [-0.15, -0.1) is 0 Å². The van der Waals surface area contributed by atoms with Crippen LogP contribution >= 0.6 is 0 Å². The van der Waals surface area contributed by atoms with Crippen molar-refractivity contribution in [1.82, 2.24) is 14.9 Å². The van der Waals surface area contributed by atoms with Crippen LogP contribution in [0.5, 0.6) is 0 Å². The molecular formula is C12H20N4O. The van der Waals surface area contributed by atoms with Crippen LogP contribution in [0.4, 0.5) is 5.82 Å². The summed E-state index contributed by atoms with van der Waals surface area (Å²) in [5.74, 6) is 1.37. The van der Waals surface area contributed by atoms with E-state index < -0.39 is 0 Å². The van der Waals surface area contributed by atoms with Crippen molar-refractivity contribution in [3.63, 3.8) is 0 Å². The monoisotopic (exact) mass is 236 g/mol. The fraction of sp³-hybridized carbons (Fsp3) is 0.667. The van der Waals surface area contributed by atoms with E-state index in [1.54, 1.807) is 0 Å². The molecule has 2 rings (SSSR count). The topological polar surface area (TPSA) is 61.0 Å². The molecule has 0 spiro atoms. The minimum Gasteiger partial charge on any atom is -0.370 e. The van der Waals surface area contributed by atoms with Crippen molar-refractivity contribution < 1.29 is 0 Å². The quantitative estimate of drug-likeness (QED) is 0.816. The molecule has 5 heteroatoms. The minimum absolute atomic E-state index is 0.108. The number of anilines is 1. The van der Waals surface area contributed by atoms with Crippen LogP contribution in [0.15, 0.2) is 17.2 Å². The molecule has 1 saturated heterocycles. The van der Waals surface area contributed by atoms with Crippen LogP contribution in [0.2, 0.25) is 0 Å². The lowest BCUT2D eigenvalue weighted by molar-refractivity contribution is 0.198. The summed E-state index contributed by atoms with van der Waals surface area (Å²) in [5, 5.41) is 3.24. The Morgan fingerprint density at radius 3 is 2.94 bits per heavy atom. The Kier molecular flexibility index (Phi) is 4.14. The van der Waals surface area contributed by atoms with E-state index in [0.29, 0.717) is 11.7 Å². The van der Waals surface area contributed by atoms with Gasteiger partial charge in [-0.1, -0.05) is 6.92 Å². The Hall–Kier alpha value is -1.36. The third kappa shape index (κ3) is 3.56. The first kappa shape index (κ1) is 12.1. The van der Waals surface area contributed by atoms with Gasteiger partial charge in [-0.25, -0.2) is 4.98 Å². The number of hydrogen-bond donors (Lipinski definition) is 2. The predicted octanol–water partition coefficient (Wildman–Crippen LogP) is 0.914. The molecule has 0 bridgehead atoms. The van der Waals surface area contributed by atoms with Gasteiger partial charge in [0.25, 0.3) is 5.56 Å². The zero-order valence-corrected chi connectivity index (χ0v) is 10.3. The van der Waals surface area contributed by atoms with Gasteiger partial charge in [-0.2, -0.15) is 0 Å². The van der Waals surface area contributed by atoms with Crippen molar-refractivity contribution in [2.45, 2.75) is 19.8 Å². The zero-order chi connectivity index (χ0) is 12.1. The fourth-order valence-electron chi connectivity index (χ4n) is 2.22. The van der Waals surface area contributed by atoms with E-state index in [2.05, 4.69) is 27.1 Å². The van der Waals surface area contributed by atoms with E-state index >= 15 is 0 Å². The zero-order valence-electron chi connectivity index (χ0n) is 10.3. The Morgan fingerprint density at radius 1 is 1.53 bits per heavy atom. The van der Waals surface area contributed by atoms with E-state index in [1.807, 2.05) is 0 Å². The maximum absolute atomic E-state index is 11.1.